The predicted molar refractivity (Wildman–Crippen MR) is 93.4 cm³/mol. The molecule has 3 rings (SSSR count). The Morgan fingerprint density at radius 2 is 2.04 bits per heavy atom. The van der Waals surface area contributed by atoms with Gasteiger partial charge in [-0.15, -0.1) is 6.58 Å². The van der Waals surface area contributed by atoms with Gasteiger partial charge in [-0.2, -0.15) is 5.10 Å². The van der Waals surface area contributed by atoms with Crippen LogP contribution in [0, 0.1) is 13.8 Å². The molecule has 2 heterocycles. The first-order chi connectivity index (χ1) is 11.0. The molecule has 0 spiro atoms. The molecule has 1 aliphatic rings. The topological polar surface area (TPSA) is 50.2 Å². The highest BCUT2D eigenvalue weighted by Gasteiger charge is 2.38. The number of nitrogens with one attached hydrogen (secondary N) is 1. The molecule has 1 aromatic heterocycles. The second-order valence-electron chi connectivity index (χ2n) is 5.45. The second kappa shape index (κ2) is 5.96. The highest BCUT2D eigenvalue weighted by atomic mass is 32.1. The summed E-state index contributed by atoms with van der Waals surface area (Å²) in [5.74, 6) is -0.0614. The Labute approximate surface area is 140 Å². The van der Waals surface area contributed by atoms with E-state index in [1.165, 1.54) is 4.90 Å². The van der Waals surface area contributed by atoms with Gasteiger partial charge >= 0.3 is 0 Å². The molecule has 0 bridgehead atoms. The number of nitrogens with zero attached hydrogens (tertiary/aromatic N) is 3. The predicted octanol–water partition coefficient (Wildman–Crippen LogP) is 2.43. The molecule has 5 nitrogen and oxygen atoms in total. The number of benzene rings is 1. The monoisotopic (exact) mass is 326 g/mol. The number of amides is 1. The van der Waals surface area contributed by atoms with Crippen molar-refractivity contribution in [2.24, 2.45) is 0 Å². The first-order valence-corrected chi connectivity index (χ1v) is 7.79. The van der Waals surface area contributed by atoms with Crippen LogP contribution in [0.2, 0.25) is 0 Å². The minimum atomic E-state index is -0.486. The third-order valence-corrected chi connectivity index (χ3v) is 4.31. The summed E-state index contributed by atoms with van der Waals surface area (Å²) in [4.78, 5) is 14.2. The number of thiocarbonyl (C=S) groups is 1. The summed E-state index contributed by atoms with van der Waals surface area (Å²) in [6, 6.07) is 9.38. The van der Waals surface area contributed by atoms with Crippen LogP contribution in [-0.4, -0.2) is 32.2 Å². The van der Waals surface area contributed by atoms with Gasteiger partial charge in [0.15, 0.2) is 5.11 Å². The molecule has 23 heavy (non-hydrogen) atoms. The maximum atomic E-state index is 12.6. The van der Waals surface area contributed by atoms with Crippen LogP contribution >= 0.6 is 12.2 Å². The molecule has 1 aliphatic heterocycles. The quantitative estimate of drug-likeness (QED) is 0.692. The van der Waals surface area contributed by atoms with Crippen LogP contribution < -0.4 is 5.32 Å². The van der Waals surface area contributed by atoms with Crippen LogP contribution in [0.1, 0.15) is 23.0 Å². The fourth-order valence-corrected chi connectivity index (χ4v) is 3.19. The summed E-state index contributed by atoms with van der Waals surface area (Å²) in [5.41, 5.74) is 3.60. The molecule has 118 valence electrons. The van der Waals surface area contributed by atoms with Gasteiger partial charge in [-0.05, 0) is 38.2 Å². The van der Waals surface area contributed by atoms with Crippen LogP contribution in [0.3, 0.4) is 0 Å². The Hall–Kier alpha value is -2.47. The Morgan fingerprint density at radius 3 is 2.70 bits per heavy atom. The SMILES string of the molecule is C=CCN1C(=O)[C@H](c2c(C)nn(-c3ccccc3)c2C)NC1=S. The zero-order chi connectivity index (χ0) is 16.6. The summed E-state index contributed by atoms with van der Waals surface area (Å²) in [5, 5.41) is 8.14. The fraction of sp³-hybridized carbons (Fsp3) is 0.235. The zero-order valence-corrected chi connectivity index (χ0v) is 13.9. The van der Waals surface area contributed by atoms with Gasteiger partial charge in [0.05, 0.1) is 11.4 Å². The van der Waals surface area contributed by atoms with E-state index < -0.39 is 6.04 Å². The summed E-state index contributed by atoms with van der Waals surface area (Å²) in [6.45, 7) is 7.96. The van der Waals surface area contributed by atoms with Crippen molar-refractivity contribution in [3.05, 3.63) is 59.9 Å². The third-order valence-electron chi connectivity index (χ3n) is 3.97. The summed E-state index contributed by atoms with van der Waals surface area (Å²) in [7, 11) is 0. The molecule has 1 amide bonds. The molecule has 0 radical (unpaired) electrons. The lowest BCUT2D eigenvalue weighted by molar-refractivity contribution is -0.126. The number of aromatic nitrogens is 2. The maximum Gasteiger partial charge on any atom is 0.256 e. The van der Waals surface area contributed by atoms with Gasteiger partial charge in [0.25, 0.3) is 5.91 Å². The molecule has 1 saturated heterocycles. The van der Waals surface area contributed by atoms with Crippen molar-refractivity contribution in [2.75, 3.05) is 6.54 Å². The van der Waals surface area contributed by atoms with E-state index in [1.54, 1.807) is 6.08 Å². The lowest BCUT2D eigenvalue weighted by Gasteiger charge is -2.12. The van der Waals surface area contributed by atoms with Crippen molar-refractivity contribution in [3.8, 4) is 5.69 Å². The van der Waals surface area contributed by atoms with Gasteiger partial charge in [0, 0.05) is 17.8 Å². The normalized spacial score (nSPS) is 17.5. The lowest BCUT2D eigenvalue weighted by Crippen LogP contribution is -2.30. The Morgan fingerprint density at radius 1 is 1.35 bits per heavy atom. The van der Waals surface area contributed by atoms with Crippen LogP contribution in [0.25, 0.3) is 5.69 Å². The van der Waals surface area contributed by atoms with E-state index in [1.807, 2.05) is 48.9 Å². The molecule has 1 fully saturated rings. The van der Waals surface area contributed by atoms with E-state index in [4.69, 9.17) is 12.2 Å². The average molecular weight is 326 g/mol. The smallest absolute Gasteiger partial charge is 0.256 e. The molecule has 1 atom stereocenters. The van der Waals surface area contributed by atoms with E-state index in [-0.39, 0.29) is 5.91 Å². The molecule has 6 heteroatoms. The molecule has 0 saturated carbocycles. The standard InChI is InChI=1S/C17H18N4OS/c1-4-10-20-16(22)15(18-17(20)23)14-11(2)19-21(12(14)3)13-8-6-5-7-9-13/h4-9,15H,1,10H2,2-3H3,(H,18,23)/t15-/m0/s1. The summed E-state index contributed by atoms with van der Waals surface area (Å²) in [6.07, 6.45) is 1.67. The molecule has 0 aliphatic carbocycles. The molecular weight excluding hydrogens is 308 g/mol. The number of hydrogen-bond acceptors (Lipinski definition) is 3. The van der Waals surface area contributed by atoms with Crippen molar-refractivity contribution < 1.29 is 4.79 Å². The van der Waals surface area contributed by atoms with Gasteiger partial charge in [-0.25, -0.2) is 4.68 Å². The van der Waals surface area contributed by atoms with E-state index in [9.17, 15) is 4.79 Å². The summed E-state index contributed by atoms with van der Waals surface area (Å²) < 4.78 is 1.86. The first kappa shape index (κ1) is 15.4. The number of carbonyl (C=O) groups excluding carboxylic acids is 1. The van der Waals surface area contributed by atoms with Gasteiger partial charge in [0.1, 0.15) is 6.04 Å². The number of para-hydroxylation sites is 1. The number of rotatable bonds is 4. The van der Waals surface area contributed by atoms with Crippen LogP contribution in [0.15, 0.2) is 43.0 Å². The van der Waals surface area contributed by atoms with Crippen molar-refractivity contribution in [1.29, 1.82) is 0 Å². The minimum absolute atomic E-state index is 0.0614. The van der Waals surface area contributed by atoms with Gasteiger partial charge in [-0.1, -0.05) is 24.3 Å². The molecule has 1 aromatic carbocycles. The van der Waals surface area contributed by atoms with Crippen molar-refractivity contribution in [2.45, 2.75) is 19.9 Å². The van der Waals surface area contributed by atoms with Crippen molar-refractivity contribution in [3.63, 3.8) is 0 Å². The largest absolute Gasteiger partial charge is 0.347 e. The van der Waals surface area contributed by atoms with Gasteiger partial charge in [-0.3, -0.25) is 9.69 Å². The molecule has 1 N–H and O–H groups in total. The third kappa shape index (κ3) is 2.55. The zero-order valence-electron chi connectivity index (χ0n) is 13.1. The van der Waals surface area contributed by atoms with E-state index >= 15 is 0 Å². The first-order valence-electron chi connectivity index (χ1n) is 7.39. The van der Waals surface area contributed by atoms with Crippen LogP contribution in [0.4, 0.5) is 0 Å². The molecular formula is C17H18N4OS. The van der Waals surface area contributed by atoms with E-state index in [2.05, 4.69) is 17.0 Å². The number of hydrogen-bond donors (Lipinski definition) is 1. The summed E-state index contributed by atoms with van der Waals surface area (Å²) >= 11 is 5.27. The molecule has 0 unspecified atom stereocenters. The average Bonchev–Trinajstić information content (AvgIpc) is 2.99. The van der Waals surface area contributed by atoms with Gasteiger partial charge in [0.2, 0.25) is 0 Å². The van der Waals surface area contributed by atoms with Crippen LogP contribution in [-0.2, 0) is 4.79 Å². The maximum absolute atomic E-state index is 12.6. The fourth-order valence-electron chi connectivity index (χ4n) is 2.91. The van der Waals surface area contributed by atoms with E-state index in [0.717, 1.165) is 22.6 Å². The van der Waals surface area contributed by atoms with Crippen molar-refractivity contribution >= 4 is 23.2 Å². The van der Waals surface area contributed by atoms with Crippen molar-refractivity contribution in [1.82, 2.24) is 20.0 Å². The Kier molecular flexibility index (Phi) is 4.00. The number of aryl methyl sites for hydroxylation is 1. The highest BCUT2D eigenvalue weighted by molar-refractivity contribution is 7.80. The lowest BCUT2D eigenvalue weighted by atomic mass is 10.0. The second-order valence-corrected chi connectivity index (χ2v) is 5.84. The van der Waals surface area contributed by atoms with E-state index in [0.29, 0.717) is 11.7 Å². The minimum Gasteiger partial charge on any atom is -0.347 e. The molecule has 2 aromatic rings. The number of carbonyl (C=O) groups is 1. The van der Waals surface area contributed by atoms with Crippen LogP contribution in [0.5, 0.6) is 0 Å². The Balaban J connectivity index is 2.02. The Bertz CT molecular complexity index is 781. The van der Waals surface area contributed by atoms with Gasteiger partial charge < -0.3 is 5.32 Å². The highest BCUT2D eigenvalue weighted by Crippen LogP contribution is 2.28.